The molecule has 1 saturated heterocycles. The predicted octanol–water partition coefficient (Wildman–Crippen LogP) is 2.03. The molecule has 0 N–H and O–H groups in total. The summed E-state index contributed by atoms with van der Waals surface area (Å²) in [5.74, 6) is 0.174. The van der Waals surface area contributed by atoms with Crippen molar-refractivity contribution in [2.24, 2.45) is 0 Å². The van der Waals surface area contributed by atoms with Gasteiger partial charge in [0.2, 0.25) is 0 Å². The van der Waals surface area contributed by atoms with Crippen molar-refractivity contribution in [3.05, 3.63) is 35.4 Å². The maximum absolute atomic E-state index is 12.3. The topological polar surface area (TPSA) is 23.6 Å². The van der Waals surface area contributed by atoms with E-state index in [4.69, 9.17) is 0 Å². The van der Waals surface area contributed by atoms with Gasteiger partial charge in [-0.15, -0.1) is 0 Å². The lowest BCUT2D eigenvalue weighted by Crippen LogP contribution is -2.48. The van der Waals surface area contributed by atoms with Gasteiger partial charge in [-0.1, -0.05) is 26.0 Å². The van der Waals surface area contributed by atoms with Gasteiger partial charge in [0.15, 0.2) is 0 Å². The summed E-state index contributed by atoms with van der Waals surface area (Å²) in [6.07, 6.45) is 1.02. The Hall–Kier alpha value is -1.35. The van der Waals surface area contributed by atoms with Crippen molar-refractivity contribution in [1.29, 1.82) is 0 Å². The number of aryl methyl sites for hydroxylation is 1. The van der Waals surface area contributed by atoms with Crippen molar-refractivity contribution in [2.75, 3.05) is 32.7 Å². The molecule has 98 valence electrons. The second kappa shape index (κ2) is 6.01. The van der Waals surface area contributed by atoms with Crippen LogP contribution in [0.1, 0.15) is 29.8 Å². The second-order valence-electron chi connectivity index (χ2n) is 4.78. The van der Waals surface area contributed by atoms with Gasteiger partial charge >= 0.3 is 0 Å². The summed E-state index contributed by atoms with van der Waals surface area (Å²) < 4.78 is 0. The van der Waals surface area contributed by atoms with E-state index in [1.807, 2.05) is 17.0 Å². The van der Waals surface area contributed by atoms with Crippen molar-refractivity contribution in [1.82, 2.24) is 9.80 Å². The van der Waals surface area contributed by atoms with Crippen molar-refractivity contribution in [2.45, 2.75) is 20.3 Å². The molecule has 0 bridgehead atoms. The fourth-order valence-electron chi connectivity index (χ4n) is 2.33. The number of piperazine rings is 1. The minimum atomic E-state index is 0.174. The van der Waals surface area contributed by atoms with Crippen LogP contribution >= 0.6 is 0 Å². The van der Waals surface area contributed by atoms with Crippen LogP contribution in [0.2, 0.25) is 0 Å². The number of rotatable bonds is 3. The van der Waals surface area contributed by atoms with Crippen molar-refractivity contribution in [3.63, 3.8) is 0 Å². The number of carbonyl (C=O) groups excluding carboxylic acids is 1. The molecule has 0 aromatic heterocycles. The summed E-state index contributed by atoms with van der Waals surface area (Å²) in [7, 11) is 0. The van der Waals surface area contributed by atoms with Gasteiger partial charge in [0.1, 0.15) is 0 Å². The molecule has 0 radical (unpaired) electrons. The first-order chi connectivity index (χ1) is 8.74. The SMILES string of the molecule is CCc1ccc(C(=O)N2CCN(CC)CC2)cc1. The Kier molecular flexibility index (Phi) is 4.37. The predicted molar refractivity (Wildman–Crippen MR) is 73.8 cm³/mol. The highest BCUT2D eigenvalue weighted by Gasteiger charge is 2.20. The lowest BCUT2D eigenvalue weighted by Gasteiger charge is -2.34. The summed E-state index contributed by atoms with van der Waals surface area (Å²) in [6, 6.07) is 8.01. The van der Waals surface area contributed by atoms with Gasteiger partial charge in [0, 0.05) is 31.7 Å². The van der Waals surface area contributed by atoms with Crippen molar-refractivity contribution in [3.8, 4) is 0 Å². The van der Waals surface area contributed by atoms with E-state index in [1.165, 1.54) is 5.56 Å². The van der Waals surface area contributed by atoms with Gasteiger partial charge < -0.3 is 9.80 Å². The Morgan fingerprint density at radius 3 is 2.17 bits per heavy atom. The summed E-state index contributed by atoms with van der Waals surface area (Å²) in [4.78, 5) is 16.6. The fraction of sp³-hybridized carbons (Fsp3) is 0.533. The van der Waals surface area contributed by atoms with Crippen LogP contribution in [0.15, 0.2) is 24.3 Å². The third-order valence-corrected chi connectivity index (χ3v) is 3.72. The van der Waals surface area contributed by atoms with Crippen LogP contribution in [0.5, 0.6) is 0 Å². The Balaban J connectivity index is 1.98. The lowest BCUT2D eigenvalue weighted by molar-refractivity contribution is 0.0643. The van der Waals surface area contributed by atoms with E-state index in [0.29, 0.717) is 0 Å². The minimum Gasteiger partial charge on any atom is -0.336 e. The molecule has 2 rings (SSSR count). The van der Waals surface area contributed by atoms with Crippen LogP contribution in [-0.4, -0.2) is 48.4 Å². The molecule has 3 nitrogen and oxygen atoms in total. The Morgan fingerprint density at radius 1 is 1.06 bits per heavy atom. The summed E-state index contributed by atoms with van der Waals surface area (Å²) >= 11 is 0. The Morgan fingerprint density at radius 2 is 1.67 bits per heavy atom. The molecule has 1 aliphatic rings. The number of hydrogen-bond acceptors (Lipinski definition) is 2. The molecule has 1 amide bonds. The van der Waals surface area contributed by atoms with Crippen LogP contribution in [-0.2, 0) is 6.42 Å². The standard InChI is InChI=1S/C15H22N2O/c1-3-13-5-7-14(8-6-13)15(18)17-11-9-16(4-2)10-12-17/h5-8H,3-4,9-12H2,1-2H3. The summed E-state index contributed by atoms with van der Waals surface area (Å²) in [5.41, 5.74) is 2.10. The normalized spacial score (nSPS) is 16.9. The van der Waals surface area contributed by atoms with Crippen LogP contribution < -0.4 is 0 Å². The molecule has 1 aliphatic heterocycles. The molecule has 3 heteroatoms. The molecular weight excluding hydrogens is 224 g/mol. The zero-order chi connectivity index (χ0) is 13.0. The van der Waals surface area contributed by atoms with Gasteiger partial charge in [-0.2, -0.15) is 0 Å². The first-order valence-corrected chi connectivity index (χ1v) is 6.85. The number of nitrogens with zero attached hydrogens (tertiary/aromatic N) is 2. The van der Waals surface area contributed by atoms with E-state index in [9.17, 15) is 4.79 Å². The largest absolute Gasteiger partial charge is 0.336 e. The molecule has 0 saturated carbocycles. The molecule has 18 heavy (non-hydrogen) atoms. The Labute approximate surface area is 109 Å². The summed E-state index contributed by atoms with van der Waals surface area (Å²) in [5, 5.41) is 0. The number of hydrogen-bond donors (Lipinski definition) is 0. The van der Waals surface area contributed by atoms with Crippen LogP contribution in [0.4, 0.5) is 0 Å². The second-order valence-corrected chi connectivity index (χ2v) is 4.78. The van der Waals surface area contributed by atoms with Gasteiger partial charge in [0.25, 0.3) is 5.91 Å². The third kappa shape index (κ3) is 2.91. The highest BCUT2D eigenvalue weighted by molar-refractivity contribution is 5.94. The zero-order valence-electron chi connectivity index (χ0n) is 11.4. The number of carbonyl (C=O) groups is 1. The molecule has 1 aromatic carbocycles. The van der Waals surface area contributed by atoms with E-state index in [2.05, 4.69) is 30.9 Å². The van der Waals surface area contributed by atoms with Gasteiger partial charge in [0.05, 0.1) is 0 Å². The number of likely N-dealkylation sites (N-methyl/N-ethyl adjacent to an activating group) is 1. The molecule has 0 spiro atoms. The fourth-order valence-corrected chi connectivity index (χ4v) is 2.33. The quantitative estimate of drug-likeness (QED) is 0.814. The highest BCUT2D eigenvalue weighted by atomic mass is 16.2. The molecule has 1 heterocycles. The molecule has 0 unspecified atom stereocenters. The first kappa shape index (κ1) is 13.1. The number of amides is 1. The van der Waals surface area contributed by atoms with Crippen LogP contribution in [0, 0.1) is 0 Å². The molecule has 1 aromatic rings. The average molecular weight is 246 g/mol. The monoisotopic (exact) mass is 246 g/mol. The van der Waals surface area contributed by atoms with E-state index in [1.54, 1.807) is 0 Å². The third-order valence-electron chi connectivity index (χ3n) is 3.72. The van der Waals surface area contributed by atoms with Crippen LogP contribution in [0.3, 0.4) is 0 Å². The maximum Gasteiger partial charge on any atom is 0.253 e. The maximum atomic E-state index is 12.3. The average Bonchev–Trinajstić information content (AvgIpc) is 2.47. The number of benzene rings is 1. The first-order valence-electron chi connectivity index (χ1n) is 6.85. The van der Waals surface area contributed by atoms with E-state index >= 15 is 0 Å². The lowest BCUT2D eigenvalue weighted by atomic mass is 10.1. The molecule has 1 fully saturated rings. The Bertz CT molecular complexity index is 391. The van der Waals surface area contributed by atoms with E-state index in [-0.39, 0.29) is 5.91 Å². The van der Waals surface area contributed by atoms with Gasteiger partial charge in [-0.05, 0) is 30.7 Å². The van der Waals surface area contributed by atoms with Crippen molar-refractivity contribution >= 4 is 5.91 Å². The molecular formula is C15H22N2O. The molecule has 0 aliphatic carbocycles. The minimum absolute atomic E-state index is 0.174. The molecule has 0 atom stereocenters. The van der Waals surface area contributed by atoms with E-state index < -0.39 is 0 Å². The summed E-state index contributed by atoms with van der Waals surface area (Å²) in [6.45, 7) is 9.06. The van der Waals surface area contributed by atoms with Crippen molar-refractivity contribution < 1.29 is 4.79 Å². The van der Waals surface area contributed by atoms with Crippen LogP contribution in [0.25, 0.3) is 0 Å². The highest BCUT2D eigenvalue weighted by Crippen LogP contribution is 2.10. The van der Waals surface area contributed by atoms with Gasteiger partial charge in [-0.3, -0.25) is 4.79 Å². The van der Waals surface area contributed by atoms with E-state index in [0.717, 1.165) is 44.7 Å². The van der Waals surface area contributed by atoms with Gasteiger partial charge in [-0.25, -0.2) is 0 Å². The zero-order valence-corrected chi connectivity index (χ0v) is 11.4. The smallest absolute Gasteiger partial charge is 0.253 e.